The average Bonchev–Trinajstić information content (AvgIpc) is 3.29. The predicted molar refractivity (Wildman–Crippen MR) is 109 cm³/mol. The molecule has 1 fully saturated rings. The molecule has 0 bridgehead atoms. The largest absolute Gasteiger partial charge is 0.387 e. The molecule has 3 heterocycles. The first-order valence-corrected chi connectivity index (χ1v) is 9.76. The van der Waals surface area contributed by atoms with Crippen molar-refractivity contribution >= 4 is 22.9 Å². The Morgan fingerprint density at radius 2 is 1.97 bits per heavy atom. The molecular formula is C20H23N5O6. The number of anilines is 1. The second kappa shape index (κ2) is 8.19. The Labute approximate surface area is 176 Å². The van der Waals surface area contributed by atoms with E-state index in [1.165, 1.54) is 10.9 Å². The van der Waals surface area contributed by atoms with Gasteiger partial charge in [-0.05, 0) is 13.8 Å². The summed E-state index contributed by atoms with van der Waals surface area (Å²) in [6.45, 7) is 3.26. The fraction of sp³-hybridized carbons (Fsp3) is 0.400. The van der Waals surface area contributed by atoms with Crippen LogP contribution in [0.2, 0.25) is 0 Å². The van der Waals surface area contributed by atoms with Gasteiger partial charge < -0.3 is 25.4 Å². The van der Waals surface area contributed by atoms with Crippen molar-refractivity contribution in [3.63, 3.8) is 0 Å². The van der Waals surface area contributed by atoms with Crippen LogP contribution in [-0.4, -0.2) is 66.0 Å². The molecule has 6 atom stereocenters. The van der Waals surface area contributed by atoms with E-state index in [1.54, 1.807) is 38.1 Å². The Bertz CT molecular complexity index is 1150. The maximum absolute atomic E-state index is 12.6. The van der Waals surface area contributed by atoms with E-state index >= 15 is 0 Å². The van der Waals surface area contributed by atoms with Crippen LogP contribution < -0.4 is 11.3 Å². The van der Waals surface area contributed by atoms with Gasteiger partial charge >= 0.3 is 0 Å². The Kier molecular flexibility index (Phi) is 5.58. The third-order valence-corrected chi connectivity index (χ3v) is 5.31. The monoisotopic (exact) mass is 429 g/mol. The number of aromatic amines is 1. The molecule has 4 rings (SSSR count). The predicted octanol–water partition coefficient (Wildman–Crippen LogP) is -0.00250. The minimum Gasteiger partial charge on any atom is -0.387 e. The van der Waals surface area contributed by atoms with Crippen LogP contribution in [0.25, 0.3) is 11.2 Å². The third-order valence-electron chi connectivity index (χ3n) is 5.31. The van der Waals surface area contributed by atoms with E-state index in [0.29, 0.717) is 5.56 Å². The molecule has 0 aliphatic carbocycles. The molecule has 0 saturated carbocycles. The molecule has 11 heteroatoms. The molecule has 1 aliphatic heterocycles. The number of nitrogen functional groups attached to an aromatic ring is 1. The number of nitrogens with one attached hydrogen (secondary N) is 1. The number of H-pyrrole nitrogens is 1. The number of fused-ring (bicyclic) bond motifs is 1. The van der Waals surface area contributed by atoms with Gasteiger partial charge in [0.1, 0.15) is 24.4 Å². The van der Waals surface area contributed by atoms with Crippen LogP contribution in [0.3, 0.4) is 0 Å². The van der Waals surface area contributed by atoms with Gasteiger partial charge in [0.15, 0.2) is 23.2 Å². The number of hydrogen-bond acceptors (Lipinski definition) is 9. The molecule has 2 aromatic heterocycles. The van der Waals surface area contributed by atoms with Gasteiger partial charge in [-0.1, -0.05) is 30.3 Å². The van der Waals surface area contributed by atoms with E-state index in [2.05, 4.69) is 15.0 Å². The molecule has 0 radical (unpaired) electrons. The summed E-state index contributed by atoms with van der Waals surface area (Å²) in [7, 11) is 0. The summed E-state index contributed by atoms with van der Waals surface area (Å²) in [6, 6.07) is 8.71. The lowest BCUT2D eigenvalue weighted by molar-refractivity contribution is -0.110. The fourth-order valence-corrected chi connectivity index (χ4v) is 3.73. The van der Waals surface area contributed by atoms with Crippen molar-refractivity contribution < 1.29 is 24.5 Å². The van der Waals surface area contributed by atoms with Gasteiger partial charge in [-0.15, -0.1) is 0 Å². The average molecular weight is 429 g/mol. The summed E-state index contributed by atoms with van der Waals surface area (Å²) in [5.41, 5.74) is 5.72. The van der Waals surface area contributed by atoms with E-state index in [-0.39, 0.29) is 22.9 Å². The molecule has 164 valence electrons. The molecule has 1 aromatic carbocycles. The van der Waals surface area contributed by atoms with Crippen LogP contribution in [0.4, 0.5) is 5.95 Å². The zero-order valence-electron chi connectivity index (χ0n) is 16.9. The van der Waals surface area contributed by atoms with Crippen LogP contribution in [0.5, 0.6) is 0 Å². The summed E-state index contributed by atoms with van der Waals surface area (Å²) in [6.07, 6.45) is -4.92. The van der Waals surface area contributed by atoms with E-state index in [0.717, 1.165) is 0 Å². The first-order chi connectivity index (χ1) is 14.8. The topological polar surface area (TPSA) is 166 Å². The normalized spacial score (nSPS) is 25.5. The molecule has 31 heavy (non-hydrogen) atoms. The fourth-order valence-electron chi connectivity index (χ4n) is 3.73. The lowest BCUT2D eigenvalue weighted by Crippen LogP contribution is -2.41. The van der Waals surface area contributed by atoms with Crippen molar-refractivity contribution in [3.05, 3.63) is 52.6 Å². The molecule has 5 N–H and O–H groups in total. The minimum atomic E-state index is -1.35. The van der Waals surface area contributed by atoms with Crippen LogP contribution >= 0.6 is 0 Å². The van der Waals surface area contributed by atoms with Crippen LogP contribution in [0.1, 0.15) is 30.4 Å². The Balaban J connectivity index is 1.52. The van der Waals surface area contributed by atoms with Crippen molar-refractivity contribution in [2.45, 2.75) is 50.6 Å². The highest BCUT2D eigenvalue weighted by Gasteiger charge is 2.47. The summed E-state index contributed by atoms with van der Waals surface area (Å²) >= 11 is 0. The molecule has 0 spiro atoms. The number of aromatic nitrogens is 4. The van der Waals surface area contributed by atoms with Gasteiger partial charge in [0.05, 0.1) is 12.4 Å². The smallest absolute Gasteiger partial charge is 0.280 e. The highest BCUT2D eigenvalue weighted by atomic mass is 16.6. The van der Waals surface area contributed by atoms with Crippen molar-refractivity contribution in [2.24, 2.45) is 0 Å². The number of nitrogens with two attached hydrogens (primary N) is 1. The van der Waals surface area contributed by atoms with E-state index in [4.69, 9.17) is 15.2 Å². The Morgan fingerprint density at radius 3 is 2.68 bits per heavy atom. The SMILES string of the molecule is CC(OC(C)[C@H]1O[C@@H](n2cnc3c(=O)[nH]c(N)nc32)[C@H](O)[C@@H]1O)C(=O)c1ccccc1. The Hall–Kier alpha value is -3.12. The zero-order valence-corrected chi connectivity index (χ0v) is 16.9. The van der Waals surface area contributed by atoms with E-state index in [9.17, 15) is 19.8 Å². The van der Waals surface area contributed by atoms with Crippen LogP contribution in [0, 0.1) is 0 Å². The lowest BCUT2D eigenvalue weighted by atomic mass is 10.0. The summed E-state index contributed by atoms with van der Waals surface area (Å²) in [5.74, 6) is -0.328. The molecular weight excluding hydrogens is 406 g/mol. The molecule has 11 nitrogen and oxygen atoms in total. The first kappa shape index (κ1) is 21.1. The molecule has 2 unspecified atom stereocenters. The number of carbonyl (C=O) groups excluding carboxylic acids is 1. The number of aliphatic hydroxyl groups is 2. The molecule has 0 amide bonds. The van der Waals surface area contributed by atoms with Crippen molar-refractivity contribution in [2.75, 3.05) is 5.73 Å². The Morgan fingerprint density at radius 1 is 1.26 bits per heavy atom. The van der Waals surface area contributed by atoms with Crippen molar-refractivity contribution in [1.29, 1.82) is 0 Å². The summed E-state index contributed by atoms with van der Waals surface area (Å²) < 4.78 is 13.0. The standard InChI is InChI=1S/C20H23N5O6/c1-9(13(26)11-6-4-3-5-7-11)30-10(2)16-14(27)15(28)19(31-16)25-8-22-12-17(25)23-20(21)24-18(12)29/h3-10,14-16,19,27-28H,1-2H3,(H3,21,23,24,29)/t9?,10?,14-,15+,16+,19+/m0/s1. The van der Waals surface area contributed by atoms with Gasteiger partial charge in [0.25, 0.3) is 5.56 Å². The number of nitrogens with zero attached hydrogens (tertiary/aromatic N) is 3. The molecule has 1 aliphatic rings. The van der Waals surface area contributed by atoms with Gasteiger partial charge in [-0.2, -0.15) is 4.98 Å². The van der Waals surface area contributed by atoms with Gasteiger partial charge in [-0.3, -0.25) is 19.1 Å². The van der Waals surface area contributed by atoms with Crippen LogP contribution in [0.15, 0.2) is 41.5 Å². The zero-order chi connectivity index (χ0) is 22.3. The van der Waals surface area contributed by atoms with Crippen molar-refractivity contribution in [3.8, 4) is 0 Å². The van der Waals surface area contributed by atoms with E-state index < -0.39 is 42.3 Å². The summed E-state index contributed by atoms with van der Waals surface area (Å²) in [4.78, 5) is 34.9. The maximum atomic E-state index is 12.6. The molecule has 1 saturated heterocycles. The first-order valence-electron chi connectivity index (χ1n) is 9.76. The third kappa shape index (κ3) is 3.83. The van der Waals surface area contributed by atoms with Gasteiger partial charge in [0.2, 0.25) is 5.95 Å². The lowest BCUT2D eigenvalue weighted by Gasteiger charge is -2.25. The molecule has 3 aromatic rings. The highest BCUT2D eigenvalue weighted by molar-refractivity contribution is 5.99. The number of carbonyl (C=O) groups is 1. The summed E-state index contributed by atoms with van der Waals surface area (Å²) in [5, 5.41) is 21.1. The second-order valence-electron chi connectivity index (χ2n) is 7.46. The number of hydrogen-bond donors (Lipinski definition) is 4. The number of ether oxygens (including phenoxy) is 2. The maximum Gasteiger partial charge on any atom is 0.280 e. The number of Topliss-reactive ketones (excluding diaryl/α,β-unsaturated/α-hetero) is 1. The second-order valence-corrected chi connectivity index (χ2v) is 7.46. The number of imidazole rings is 1. The number of aliphatic hydroxyl groups excluding tert-OH is 2. The quantitative estimate of drug-likeness (QED) is 0.394. The number of ketones is 1. The number of benzene rings is 1. The number of rotatable bonds is 6. The highest BCUT2D eigenvalue weighted by Crippen LogP contribution is 2.33. The van der Waals surface area contributed by atoms with Crippen molar-refractivity contribution in [1.82, 2.24) is 19.5 Å². The minimum absolute atomic E-state index is 0.0225. The van der Waals surface area contributed by atoms with Crippen LogP contribution in [-0.2, 0) is 9.47 Å². The van der Waals surface area contributed by atoms with Gasteiger partial charge in [-0.25, -0.2) is 4.98 Å². The van der Waals surface area contributed by atoms with E-state index in [1.807, 2.05) is 6.07 Å². The van der Waals surface area contributed by atoms with Gasteiger partial charge in [0, 0.05) is 5.56 Å².